The number of amides is 1. The molecule has 1 aliphatic rings. The third kappa shape index (κ3) is 3.01. The number of carboxylic acids is 1. The highest BCUT2D eigenvalue weighted by atomic mass is 32.2. The Labute approximate surface area is 146 Å². The van der Waals surface area contributed by atoms with Crippen LogP contribution in [0.4, 0.5) is 5.69 Å². The minimum Gasteiger partial charge on any atom is -0.507 e. The molecule has 1 fully saturated rings. The Hall–Kier alpha value is -2.71. The molecule has 0 spiro atoms. The van der Waals surface area contributed by atoms with Crippen molar-refractivity contribution in [3.05, 3.63) is 58.8 Å². The smallest absolute Gasteiger partial charge is 0.339 e. The lowest BCUT2D eigenvalue weighted by atomic mass is 10.1. The molecule has 1 aromatic carbocycles. The van der Waals surface area contributed by atoms with Crippen LogP contribution in [0.15, 0.2) is 47.6 Å². The van der Waals surface area contributed by atoms with Crippen molar-refractivity contribution in [2.24, 2.45) is 0 Å². The van der Waals surface area contributed by atoms with Crippen LogP contribution in [0, 0.1) is 0 Å². The number of carbonyl (C=O) groups is 2. The van der Waals surface area contributed by atoms with E-state index in [9.17, 15) is 14.7 Å². The summed E-state index contributed by atoms with van der Waals surface area (Å²) in [7, 11) is 0. The molecule has 2 N–H and O–H groups in total. The second kappa shape index (κ2) is 6.42. The number of nitrogens with zero attached hydrogens (tertiary/aromatic N) is 2. The summed E-state index contributed by atoms with van der Waals surface area (Å²) in [6.07, 6.45) is 4.93. The normalized spacial score (nSPS) is 16.0. The van der Waals surface area contributed by atoms with Gasteiger partial charge in [-0.05, 0) is 42.0 Å². The maximum Gasteiger partial charge on any atom is 0.339 e. The van der Waals surface area contributed by atoms with E-state index in [1.165, 1.54) is 23.1 Å². The summed E-state index contributed by atoms with van der Waals surface area (Å²) in [4.78, 5) is 29.3. The zero-order valence-corrected chi connectivity index (χ0v) is 13.7. The second-order valence-corrected chi connectivity index (χ2v) is 6.48. The standard InChI is InChI=1S/C16H10N2O4S2/c19-12-2-1-10(8-11(12)15(21)22)18-14(20)13(24-16(18)23)7-9-3-5-17-6-4-9/h1-8,19H,(H,21,22)/b13-7+. The van der Waals surface area contributed by atoms with Crippen LogP contribution in [0.3, 0.4) is 0 Å². The second-order valence-electron chi connectivity index (χ2n) is 4.80. The van der Waals surface area contributed by atoms with E-state index in [4.69, 9.17) is 17.3 Å². The van der Waals surface area contributed by atoms with Crippen LogP contribution in [0.2, 0.25) is 0 Å². The van der Waals surface area contributed by atoms with Gasteiger partial charge in [0, 0.05) is 12.4 Å². The summed E-state index contributed by atoms with van der Waals surface area (Å²) in [5.41, 5.74) is 0.813. The Morgan fingerprint density at radius 3 is 2.62 bits per heavy atom. The monoisotopic (exact) mass is 358 g/mol. The summed E-state index contributed by atoms with van der Waals surface area (Å²) in [5.74, 6) is -2.00. The van der Waals surface area contributed by atoms with Gasteiger partial charge in [-0.1, -0.05) is 24.0 Å². The molecule has 0 bridgehead atoms. The van der Waals surface area contributed by atoms with Crippen LogP contribution in [-0.2, 0) is 4.79 Å². The first kappa shape index (κ1) is 16.2. The van der Waals surface area contributed by atoms with E-state index in [2.05, 4.69) is 4.98 Å². The predicted octanol–water partition coefficient (Wildman–Crippen LogP) is 2.89. The molecule has 120 valence electrons. The lowest BCUT2D eigenvalue weighted by Gasteiger charge is -2.15. The molecule has 0 saturated carbocycles. The number of aromatic nitrogens is 1. The summed E-state index contributed by atoms with van der Waals surface area (Å²) in [6, 6.07) is 7.41. The molecule has 1 aromatic heterocycles. The Bertz CT molecular complexity index is 881. The number of benzene rings is 1. The van der Waals surface area contributed by atoms with E-state index >= 15 is 0 Å². The zero-order chi connectivity index (χ0) is 17.3. The van der Waals surface area contributed by atoms with Crippen molar-refractivity contribution in [1.29, 1.82) is 0 Å². The Morgan fingerprint density at radius 1 is 1.25 bits per heavy atom. The Kier molecular flexibility index (Phi) is 4.32. The van der Waals surface area contributed by atoms with Gasteiger partial charge in [0.25, 0.3) is 5.91 Å². The van der Waals surface area contributed by atoms with Crippen molar-refractivity contribution in [1.82, 2.24) is 4.98 Å². The maximum absolute atomic E-state index is 12.6. The first-order valence-electron chi connectivity index (χ1n) is 6.71. The molecule has 3 rings (SSSR count). The van der Waals surface area contributed by atoms with Gasteiger partial charge in [0.15, 0.2) is 4.32 Å². The average Bonchev–Trinajstić information content (AvgIpc) is 2.83. The predicted molar refractivity (Wildman–Crippen MR) is 95.0 cm³/mol. The molecule has 0 radical (unpaired) electrons. The number of phenols is 1. The zero-order valence-electron chi connectivity index (χ0n) is 12.0. The van der Waals surface area contributed by atoms with Crippen molar-refractivity contribution in [2.75, 3.05) is 4.90 Å². The van der Waals surface area contributed by atoms with Gasteiger partial charge in [-0.15, -0.1) is 0 Å². The molecule has 1 aliphatic heterocycles. The number of aromatic carboxylic acids is 1. The first-order valence-corrected chi connectivity index (χ1v) is 7.94. The van der Waals surface area contributed by atoms with Gasteiger partial charge in [-0.25, -0.2) is 4.79 Å². The van der Waals surface area contributed by atoms with E-state index in [1.807, 2.05) is 0 Å². The molecule has 1 amide bonds. The SMILES string of the molecule is O=C(O)c1cc(N2C(=O)/C(=C\c3ccncc3)SC2=S)ccc1O. The van der Waals surface area contributed by atoms with Crippen LogP contribution in [0.5, 0.6) is 5.75 Å². The summed E-state index contributed by atoms with van der Waals surface area (Å²) >= 11 is 6.37. The van der Waals surface area contributed by atoms with Gasteiger partial charge >= 0.3 is 5.97 Å². The van der Waals surface area contributed by atoms with Crippen molar-refractivity contribution in [3.63, 3.8) is 0 Å². The number of carbonyl (C=O) groups excluding carboxylic acids is 1. The van der Waals surface area contributed by atoms with E-state index in [0.717, 1.165) is 17.3 Å². The summed E-state index contributed by atoms with van der Waals surface area (Å²) < 4.78 is 0.294. The molecular weight excluding hydrogens is 348 g/mol. The first-order chi connectivity index (χ1) is 11.5. The van der Waals surface area contributed by atoms with E-state index in [1.54, 1.807) is 30.6 Å². The van der Waals surface area contributed by atoms with Crippen LogP contribution in [0.1, 0.15) is 15.9 Å². The number of hydrogen-bond donors (Lipinski definition) is 2. The van der Waals surface area contributed by atoms with Crippen molar-refractivity contribution in [2.45, 2.75) is 0 Å². The van der Waals surface area contributed by atoms with E-state index < -0.39 is 5.97 Å². The molecular formula is C16H10N2O4S2. The maximum atomic E-state index is 12.6. The van der Waals surface area contributed by atoms with Gasteiger partial charge in [-0.3, -0.25) is 14.7 Å². The minimum atomic E-state index is -1.29. The quantitative estimate of drug-likeness (QED) is 0.644. The fourth-order valence-electron chi connectivity index (χ4n) is 2.14. The lowest BCUT2D eigenvalue weighted by molar-refractivity contribution is -0.113. The summed E-state index contributed by atoms with van der Waals surface area (Å²) in [5, 5.41) is 18.7. The molecule has 2 aromatic rings. The van der Waals surface area contributed by atoms with Crippen LogP contribution in [-0.4, -0.2) is 31.4 Å². The van der Waals surface area contributed by atoms with Gasteiger partial charge in [0.2, 0.25) is 0 Å². The third-order valence-electron chi connectivity index (χ3n) is 3.27. The van der Waals surface area contributed by atoms with Crippen LogP contribution >= 0.6 is 24.0 Å². The Morgan fingerprint density at radius 2 is 1.96 bits per heavy atom. The minimum absolute atomic E-state index is 0.292. The highest BCUT2D eigenvalue weighted by Gasteiger charge is 2.33. The number of hydrogen-bond acceptors (Lipinski definition) is 6. The van der Waals surface area contributed by atoms with Gasteiger partial charge in [0.05, 0.1) is 10.6 Å². The molecule has 8 heteroatoms. The van der Waals surface area contributed by atoms with Crippen LogP contribution in [0.25, 0.3) is 6.08 Å². The number of pyridine rings is 1. The van der Waals surface area contributed by atoms with E-state index in [0.29, 0.717) is 14.9 Å². The fraction of sp³-hybridized carbons (Fsp3) is 0. The molecule has 6 nitrogen and oxygen atoms in total. The Balaban J connectivity index is 1.97. The van der Waals surface area contributed by atoms with Gasteiger partial charge in [0.1, 0.15) is 11.3 Å². The molecule has 24 heavy (non-hydrogen) atoms. The number of thioether (sulfide) groups is 1. The third-order valence-corrected chi connectivity index (χ3v) is 4.57. The lowest BCUT2D eigenvalue weighted by Crippen LogP contribution is -2.27. The number of carboxylic acid groups (broad SMARTS) is 1. The van der Waals surface area contributed by atoms with Crippen LogP contribution < -0.4 is 4.90 Å². The average molecular weight is 358 g/mol. The molecule has 0 unspecified atom stereocenters. The largest absolute Gasteiger partial charge is 0.507 e. The molecule has 0 aliphatic carbocycles. The molecule has 2 heterocycles. The molecule has 0 atom stereocenters. The van der Waals surface area contributed by atoms with Gasteiger partial charge in [-0.2, -0.15) is 0 Å². The van der Waals surface area contributed by atoms with Crippen molar-refractivity contribution < 1.29 is 19.8 Å². The number of aromatic hydroxyl groups is 1. The number of anilines is 1. The summed E-state index contributed by atoms with van der Waals surface area (Å²) in [6.45, 7) is 0. The van der Waals surface area contributed by atoms with Gasteiger partial charge < -0.3 is 10.2 Å². The molecule has 1 saturated heterocycles. The number of rotatable bonds is 3. The highest BCUT2D eigenvalue weighted by Crippen LogP contribution is 2.37. The fourth-order valence-corrected chi connectivity index (χ4v) is 3.43. The topological polar surface area (TPSA) is 90.7 Å². The van der Waals surface area contributed by atoms with Crippen molar-refractivity contribution in [3.8, 4) is 5.75 Å². The van der Waals surface area contributed by atoms with Crippen molar-refractivity contribution >= 4 is 51.9 Å². The highest BCUT2D eigenvalue weighted by molar-refractivity contribution is 8.27. The van der Waals surface area contributed by atoms with E-state index in [-0.39, 0.29) is 17.2 Å². The number of thiocarbonyl (C=S) groups is 1.